The first-order valence-electron chi connectivity index (χ1n) is 5.76. The molecule has 0 aliphatic carbocycles. The van der Waals surface area contributed by atoms with Gasteiger partial charge >= 0.3 is 11.7 Å². The number of rotatable bonds is 3. The number of aromatic nitrogens is 2. The van der Waals surface area contributed by atoms with Gasteiger partial charge in [0, 0.05) is 6.04 Å². The van der Waals surface area contributed by atoms with E-state index in [0.717, 1.165) is 4.57 Å². The lowest BCUT2D eigenvalue weighted by Gasteiger charge is -2.13. The molecule has 19 heavy (non-hydrogen) atoms. The van der Waals surface area contributed by atoms with Crippen LogP contribution in [0.5, 0.6) is 0 Å². The molecule has 0 amide bonds. The monoisotopic (exact) mass is 282 g/mol. The topological polar surface area (TPSA) is 70.3 Å². The van der Waals surface area contributed by atoms with Crippen LogP contribution in [0.1, 0.15) is 19.9 Å². The van der Waals surface area contributed by atoms with E-state index in [-0.39, 0.29) is 18.1 Å². The van der Waals surface area contributed by atoms with Crippen LogP contribution in [-0.2, 0) is 16.1 Å². The molecular formula is C12H14N2O4S. The second kappa shape index (κ2) is 5.00. The Bertz CT molecular complexity index is 738. The van der Waals surface area contributed by atoms with Gasteiger partial charge in [-0.2, -0.15) is 0 Å². The quantitative estimate of drug-likeness (QED) is 0.787. The molecule has 0 saturated heterocycles. The highest BCUT2D eigenvalue weighted by Gasteiger charge is 2.17. The standard InChI is InChI=1S/C12H14N2O4S/c1-7(2)14-11(16)10-8(4-5-19-10)13(12(14)17)6-9(15)18-3/h4-5,7H,6H2,1-3H3. The van der Waals surface area contributed by atoms with E-state index in [2.05, 4.69) is 4.74 Å². The second-order valence-corrected chi connectivity index (χ2v) is 5.26. The molecule has 0 aliphatic rings. The second-order valence-electron chi connectivity index (χ2n) is 4.35. The third-order valence-corrected chi connectivity index (χ3v) is 3.71. The fourth-order valence-electron chi connectivity index (χ4n) is 1.91. The van der Waals surface area contributed by atoms with E-state index < -0.39 is 11.7 Å². The molecule has 0 unspecified atom stereocenters. The van der Waals surface area contributed by atoms with E-state index in [1.807, 2.05) is 0 Å². The summed E-state index contributed by atoms with van der Waals surface area (Å²) in [5, 5.41) is 1.73. The number of nitrogens with zero attached hydrogens (tertiary/aromatic N) is 2. The summed E-state index contributed by atoms with van der Waals surface area (Å²) in [6.07, 6.45) is 0. The fourth-order valence-corrected chi connectivity index (χ4v) is 2.74. The molecular weight excluding hydrogens is 268 g/mol. The lowest BCUT2D eigenvalue weighted by molar-refractivity contribution is -0.141. The molecule has 0 radical (unpaired) electrons. The molecule has 2 aromatic heterocycles. The van der Waals surface area contributed by atoms with Crippen molar-refractivity contribution in [3.8, 4) is 0 Å². The van der Waals surface area contributed by atoms with Crippen LogP contribution in [0, 0.1) is 0 Å². The minimum atomic E-state index is -0.524. The first-order valence-corrected chi connectivity index (χ1v) is 6.64. The predicted molar refractivity (Wildman–Crippen MR) is 72.7 cm³/mol. The summed E-state index contributed by atoms with van der Waals surface area (Å²) in [6, 6.07) is 1.39. The summed E-state index contributed by atoms with van der Waals surface area (Å²) in [5.74, 6) is -0.524. The van der Waals surface area contributed by atoms with E-state index in [4.69, 9.17) is 0 Å². The Balaban J connectivity index is 2.82. The highest BCUT2D eigenvalue weighted by atomic mass is 32.1. The van der Waals surface area contributed by atoms with Crippen LogP contribution in [0.15, 0.2) is 21.0 Å². The van der Waals surface area contributed by atoms with Crippen molar-refractivity contribution < 1.29 is 9.53 Å². The van der Waals surface area contributed by atoms with Crippen LogP contribution in [0.2, 0.25) is 0 Å². The predicted octanol–water partition coefficient (Wildman–Crippen LogP) is 0.979. The number of esters is 1. The number of ether oxygens (including phenoxy) is 1. The summed E-state index contributed by atoms with van der Waals surface area (Å²) in [6.45, 7) is 3.31. The Morgan fingerprint density at radius 1 is 1.42 bits per heavy atom. The van der Waals surface area contributed by atoms with Crippen LogP contribution in [-0.4, -0.2) is 22.2 Å². The summed E-state index contributed by atoms with van der Waals surface area (Å²) in [5.41, 5.74) is -0.329. The minimum Gasteiger partial charge on any atom is -0.468 e. The Labute approximate surface area is 112 Å². The van der Waals surface area contributed by atoms with Gasteiger partial charge in [-0.25, -0.2) is 4.79 Å². The van der Waals surface area contributed by atoms with Gasteiger partial charge in [-0.15, -0.1) is 11.3 Å². The zero-order valence-electron chi connectivity index (χ0n) is 10.9. The van der Waals surface area contributed by atoms with E-state index >= 15 is 0 Å². The van der Waals surface area contributed by atoms with E-state index in [0.29, 0.717) is 10.2 Å². The Hall–Kier alpha value is -1.89. The SMILES string of the molecule is COC(=O)Cn1c(=O)n(C(C)C)c(=O)c2sccc21. The van der Waals surface area contributed by atoms with Gasteiger partial charge in [0.25, 0.3) is 5.56 Å². The highest BCUT2D eigenvalue weighted by Crippen LogP contribution is 2.16. The number of carbonyl (C=O) groups is 1. The van der Waals surface area contributed by atoms with Crippen molar-refractivity contribution in [1.82, 2.24) is 9.13 Å². The Kier molecular flexibility index (Phi) is 3.57. The summed E-state index contributed by atoms with van der Waals surface area (Å²) in [7, 11) is 1.26. The van der Waals surface area contributed by atoms with Crippen molar-refractivity contribution in [2.75, 3.05) is 7.11 Å². The van der Waals surface area contributed by atoms with E-state index in [1.54, 1.807) is 25.3 Å². The maximum Gasteiger partial charge on any atom is 0.332 e. The van der Waals surface area contributed by atoms with Crippen LogP contribution in [0.25, 0.3) is 10.2 Å². The lowest BCUT2D eigenvalue weighted by Crippen LogP contribution is -2.41. The maximum atomic E-state index is 12.3. The molecule has 0 aliphatic heterocycles. The zero-order chi connectivity index (χ0) is 14.2. The molecule has 0 fully saturated rings. The van der Waals surface area contributed by atoms with E-state index in [9.17, 15) is 14.4 Å². The largest absolute Gasteiger partial charge is 0.468 e. The van der Waals surface area contributed by atoms with Crippen molar-refractivity contribution >= 4 is 27.5 Å². The van der Waals surface area contributed by atoms with Gasteiger partial charge in [-0.1, -0.05) is 0 Å². The molecule has 0 N–H and O–H groups in total. The molecule has 7 heteroatoms. The summed E-state index contributed by atoms with van der Waals surface area (Å²) in [4.78, 5) is 35.9. The number of methoxy groups -OCH3 is 1. The van der Waals surface area contributed by atoms with Crippen LogP contribution in [0.4, 0.5) is 0 Å². The average Bonchev–Trinajstić information content (AvgIpc) is 2.83. The van der Waals surface area contributed by atoms with Crippen LogP contribution in [0.3, 0.4) is 0 Å². The van der Waals surface area contributed by atoms with Gasteiger partial charge in [0.15, 0.2) is 0 Å². The molecule has 2 rings (SSSR count). The normalized spacial score (nSPS) is 11.2. The molecule has 102 valence electrons. The first-order chi connectivity index (χ1) is 8.97. The van der Waals surface area contributed by atoms with Crippen molar-refractivity contribution in [2.45, 2.75) is 26.4 Å². The summed E-state index contributed by atoms with van der Waals surface area (Å²) < 4.78 is 7.48. The molecule has 2 aromatic rings. The number of hydrogen-bond donors (Lipinski definition) is 0. The van der Waals surface area contributed by atoms with Gasteiger partial charge in [0.2, 0.25) is 0 Å². The fraction of sp³-hybridized carbons (Fsp3) is 0.417. The number of fused-ring (bicyclic) bond motifs is 1. The molecule has 0 spiro atoms. The van der Waals surface area contributed by atoms with Crippen molar-refractivity contribution in [1.29, 1.82) is 0 Å². The van der Waals surface area contributed by atoms with Crippen LogP contribution >= 0.6 is 11.3 Å². The van der Waals surface area contributed by atoms with Crippen LogP contribution < -0.4 is 11.2 Å². The maximum absolute atomic E-state index is 12.3. The van der Waals surface area contributed by atoms with Crippen molar-refractivity contribution in [3.63, 3.8) is 0 Å². The molecule has 0 saturated carbocycles. The molecule has 0 atom stereocenters. The van der Waals surface area contributed by atoms with Gasteiger partial charge < -0.3 is 4.74 Å². The molecule has 6 nitrogen and oxygen atoms in total. The first kappa shape index (κ1) is 13.5. The minimum absolute atomic E-state index is 0.199. The lowest BCUT2D eigenvalue weighted by atomic mass is 10.3. The highest BCUT2D eigenvalue weighted by molar-refractivity contribution is 7.17. The molecule has 0 aromatic carbocycles. The number of carbonyl (C=O) groups excluding carboxylic acids is 1. The average molecular weight is 282 g/mol. The smallest absolute Gasteiger partial charge is 0.332 e. The zero-order valence-corrected chi connectivity index (χ0v) is 11.7. The molecule has 0 bridgehead atoms. The number of hydrogen-bond acceptors (Lipinski definition) is 5. The van der Waals surface area contributed by atoms with Crippen molar-refractivity contribution in [3.05, 3.63) is 32.3 Å². The third-order valence-electron chi connectivity index (χ3n) is 2.82. The van der Waals surface area contributed by atoms with Crippen molar-refractivity contribution in [2.24, 2.45) is 0 Å². The number of thiophene rings is 1. The summed E-state index contributed by atoms with van der Waals surface area (Å²) >= 11 is 1.26. The Morgan fingerprint density at radius 3 is 2.68 bits per heavy atom. The third kappa shape index (κ3) is 2.21. The van der Waals surface area contributed by atoms with Gasteiger partial charge in [0.1, 0.15) is 11.2 Å². The van der Waals surface area contributed by atoms with Gasteiger partial charge in [0.05, 0.1) is 12.6 Å². The van der Waals surface area contributed by atoms with E-state index in [1.165, 1.54) is 23.0 Å². The molecule has 2 heterocycles. The Morgan fingerprint density at radius 2 is 2.11 bits per heavy atom. The van der Waals surface area contributed by atoms with Gasteiger partial charge in [-0.3, -0.25) is 18.7 Å². The van der Waals surface area contributed by atoms with Gasteiger partial charge in [-0.05, 0) is 25.3 Å².